The fourth-order valence-electron chi connectivity index (χ4n) is 2.74. The number of fused-ring (bicyclic) bond motifs is 1. The van der Waals surface area contributed by atoms with E-state index < -0.39 is 0 Å². The summed E-state index contributed by atoms with van der Waals surface area (Å²) >= 11 is 1.41. The molecule has 0 radical (unpaired) electrons. The Labute approximate surface area is 157 Å². The van der Waals surface area contributed by atoms with Crippen LogP contribution >= 0.6 is 11.3 Å². The van der Waals surface area contributed by atoms with E-state index in [1.807, 2.05) is 40.4 Å². The van der Waals surface area contributed by atoms with E-state index in [0.29, 0.717) is 24.5 Å². The summed E-state index contributed by atoms with van der Waals surface area (Å²) in [6, 6.07) is 11.5. The Bertz CT molecular complexity index is 1110. The first kappa shape index (κ1) is 17.2. The molecule has 9 nitrogen and oxygen atoms in total. The summed E-state index contributed by atoms with van der Waals surface area (Å²) in [7, 11) is 0. The molecule has 4 aromatic rings. The van der Waals surface area contributed by atoms with Crippen molar-refractivity contribution in [3.63, 3.8) is 0 Å². The minimum Gasteiger partial charge on any atom is -0.354 e. The molecule has 1 aromatic carbocycles. The fraction of sp³-hybridized carbons (Fsp3) is 0.235. The van der Waals surface area contributed by atoms with Gasteiger partial charge in [0.05, 0.1) is 24.8 Å². The molecule has 0 atom stereocenters. The van der Waals surface area contributed by atoms with Crippen LogP contribution in [-0.2, 0) is 17.9 Å². The van der Waals surface area contributed by atoms with Gasteiger partial charge in [-0.05, 0) is 34.0 Å². The van der Waals surface area contributed by atoms with Gasteiger partial charge in [0.15, 0.2) is 0 Å². The van der Waals surface area contributed by atoms with Gasteiger partial charge in [0.1, 0.15) is 5.00 Å². The predicted molar refractivity (Wildman–Crippen MR) is 101 cm³/mol. The number of nitrogens with zero attached hydrogens (tertiary/aromatic N) is 6. The number of nitrogens with one attached hydrogen (secondary N) is 1. The van der Waals surface area contributed by atoms with E-state index in [9.17, 15) is 9.59 Å². The lowest BCUT2D eigenvalue weighted by atomic mass is 10.2. The highest BCUT2D eigenvalue weighted by Gasteiger charge is 2.10. The van der Waals surface area contributed by atoms with Gasteiger partial charge in [0.2, 0.25) is 5.91 Å². The van der Waals surface area contributed by atoms with Crippen molar-refractivity contribution < 1.29 is 4.79 Å². The SMILES string of the molecule is O=C(CCn1ncc2ccccc21)NCCn1nnn(-c2cccs2)c1=O. The van der Waals surface area contributed by atoms with Gasteiger partial charge in [0, 0.05) is 18.4 Å². The van der Waals surface area contributed by atoms with Gasteiger partial charge in [-0.3, -0.25) is 9.48 Å². The van der Waals surface area contributed by atoms with E-state index >= 15 is 0 Å². The number of carbonyl (C=O) groups is 1. The molecular formula is C17H17N7O2S. The molecule has 0 bridgehead atoms. The zero-order chi connectivity index (χ0) is 18.6. The number of benzene rings is 1. The van der Waals surface area contributed by atoms with Gasteiger partial charge in [-0.25, -0.2) is 4.79 Å². The number of aryl methyl sites for hydroxylation is 1. The number of hydrogen-bond donors (Lipinski definition) is 1. The first-order valence-corrected chi connectivity index (χ1v) is 9.34. The topological polar surface area (TPSA) is 99.6 Å². The zero-order valence-electron chi connectivity index (χ0n) is 14.4. The number of carbonyl (C=O) groups excluding carboxylic acids is 1. The molecule has 0 aliphatic rings. The maximum absolute atomic E-state index is 12.2. The van der Waals surface area contributed by atoms with Crippen LogP contribution in [0.5, 0.6) is 0 Å². The molecule has 0 saturated carbocycles. The average Bonchev–Trinajstić information content (AvgIpc) is 3.41. The summed E-state index contributed by atoms with van der Waals surface area (Å²) in [5, 5.41) is 18.4. The molecule has 138 valence electrons. The van der Waals surface area contributed by atoms with Gasteiger partial charge < -0.3 is 5.32 Å². The first-order chi connectivity index (χ1) is 13.2. The second-order valence-corrected chi connectivity index (χ2v) is 6.80. The van der Waals surface area contributed by atoms with Crippen LogP contribution in [-0.4, -0.2) is 42.0 Å². The van der Waals surface area contributed by atoms with Gasteiger partial charge in [-0.1, -0.05) is 18.2 Å². The van der Waals surface area contributed by atoms with Crippen molar-refractivity contribution in [1.29, 1.82) is 0 Å². The van der Waals surface area contributed by atoms with Crippen molar-refractivity contribution in [1.82, 2.24) is 34.9 Å². The van der Waals surface area contributed by atoms with Gasteiger partial charge in [-0.15, -0.1) is 11.3 Å². The van der Waals surface area contributed by atoms with Gasteiger partial charge in [-0.2, -0.15) is 14.5 Å². The molecule has 27 heavy (non-hydrogen) atoms. The van der Waals surface area contributed by atoms with Crippen LogP contribution in [0.4, 0.5) is 0 Å². The highest BCUT2D eigenvalue weighted by atomic mass is 32.1. The normalized spacial score (nSPS) is 11.1. The second kappa shape index (κ2) is 7.54. The molecular weight excluding hydrogens is 366 g/mol. The van der Waals surface area contributed by atoms with Crippen molar-refractivity contribution in [2.45, 2.75) is 19.5 Å². The highest BCUT2D eigenvalue weighted by Crippen LogP contribution is 2.13. The molecule has 1 N–H and O–H groups in total. The monoisotopic (exact) mass is 383 g/mol. The molecule has 0 fully saturated rings. The third-order valence-corrected chi connectivity index (χ3v) is 4.95. The Morgan fingerprint density at radius 2 is 1.96 bits per heavy atom. The Kier molecular flexibility index (Phi) is 4.79. The second-order valence-electron chi connectivity index (χ2n) is 5.87. The Morgan fingerprint density at radius 1 is 1.07 bits per heavy atom. The molecule has 1 amide bonds. The molecule has 0 aliphatic heterocycles. The van der Waals surface area contributed by atoms with E-state index in [0.717, 1.165) is 10.9 Å². The van der Waals surface area contributed by atoms with Crippen molar-refractivity contribution in [2.24, 2.45) is 0 Å². The van der Waals surface area contributed by atoms with E-state index in [4.69, 9.17) is 0 Å². The number of amides is 1. The number of aromatic nitrogens is 6. The molecule has 0 unspecified atom stereocenters. The molecule has 0 spiro atoms. The summed E-state index contributed by atoms with van der Waals surface area (Å²) in [4.78, 5) is 24.3. The van der Waals surface area contributed by atoms with Crippen molar-refractivity contribution in [2.75, 3.05) is 6.54 Å². The standard InChI is InChI=1S/C17H17N7O2S/c25-15(7-9-22-14-5-2-1-4-13(14)12-19-22)18-8-10-23-17(26)24(21-20-23)16-6-3-11-27-16/h1-6,11-12H,7-10H2,(H,18,25). The number of rotatable bonds is 7. The Balaban J connectivity index is 1.28. The smallest absolute Gasteiger partial charge is 0.354 e. The van der Waals surface area contributed by atoms with Crippen LogP contribution in [0, 0.1) is 0 Å². The molecule has 0 aliphatic carbocycles. The Morgan fingerprint density at radius 3 is 2.81 bits per heavy atom. The van der Waals surface area contributed by atoms with Crippen molar-refractivity contribution >= 4 is 28.1 Å². The maximum Gasteiger partial charge on any atom is 0.369 e. The third kappa shape index (κ3) is 3.65. The number of para-hydroxylation sites is 1. The Hall–Kier alpha value is -3.27. The third-order valence-electron chi connectivity index (χ3n) is 4.10. The van der Waals surface area contributed by atoms with Gasteiger partial charge in [0.25, 0.3) is 0 Å². The summed E-state index contributed by atoms with van der Waals surface area (Å²) in [6.07, 6.45) is 2.10. The lowest BCUT2D eigenvalue weighted by molar-refractivity contribution is -0.121. The highest BCUT2D eigenvalue weighted by molar-refractivity contribution is 7.12. The fourth-order valence-corrected chi connectivity index (χ4v) is 3.41. The lowest BCUT2D eigenvalue weighted by Crippen LogP contribution is -2.32. The van der Waals surface area contributed by atoms with Crippen molar-refractivity contribution in [3.05, 3.63) is 58.5 Å². The average molecular weight is 383 g/mol. The number of hydrogen-bond acceptors (Lipinski definition) is 6. The quantitative estimate of drug-likeness (QED) is 0.514. The van der Waals surface area contributed by atoms with Crippen LogP contribution in [0.3, 0.4) is 0 Å². The number of tetrazole rings is 1. The molecule has 0 saturated heterocycles. The van der Waals surface area contributed by atoms with Gasteiger partial charge >= 0.3 is 5.69 Å². The van der Waals surface area contributed by atoms with Crippen molar-refractivity contribution in [3.8, 4) is 5.00 Å². The molecule has 4 rings (SSSR count). The van der Waals surface area contributed by atoms with E-state index in [1.165, 1.54) is 20.7 Å². The zero-order valence-corrected chi connectivity index (χ0v) is 15.2. The molecule has 3 heterocycles. The van der Waals surface area contributed by atoms with Crippen LogP contribution in [0.15, 0.2) is 52.8 Å². The molecule has 3 aromatic heterocycles. The summed E-state index contributed by atoms with van der Waals surface area (Å²) < 4.78 is 4.29. The summed E-state index contributed by atoms with van der Waals surface area (Å²) in [6.45, 7) is 1.07. The van der Waals surface area contributed by atoms with E-state index in [-0.39, 0.29) is 18.1 Å². The molecule has 10 heteroatoms. The van der Waals surface area contributed by atoms with Crippen LogP contribution in [0.1, 0.15) is 6.42 Å². The number of thiophene rings is 1. The maximum atomic E-state index is 12.2. The van der Waals surface area contributed by atoms with E-state index in [1.54, 1.807) is 12.3 Å². The first-order valence-electron chi connectivity index (χ1n) is 8.46. The lowest BCUT2D eigenvalue weighted by Gasteiger charge is -2.06. The van der Waals surface area contributed by atoms with Crippen LogP contribution in [0.2, 0.25) is 0 Å². The minimum atomic E-state index is -0.324. The van der Waals surface area contributed by atoms with Crippen LogP contribution < -0.4 is 11.0 Å². The predicted octanol–water partition coefficient (Wildman–Crippen LogP) is 1.05. The largest absolute Gasteiger partial charge is 0.369 e. The summed E-state index contributed by atoms with van der Waals surface area (Å²) in [5.74, 6) is -0.103. The summed E-state index contributed by atoms with van der Waals surface area (Å²) in [5.41, 5.74) is 0.678. The van der Waals surface area contributed by atoms with E-state index in [2.05, 4.69) is 20.8 Å². The van der Waals surface area contributed by atoms with Crippen LogP contribution in [0.25, 0.3) is 15.9 Å². The minimum absolute atomic E-state index is 0.103.